The van der Waals surface area contributed by atoms with E-state index in [9.17, 15) is 26.7 Å². The lowest BCUT2D eigenvalue weighted by molar-refractivity contribution is -0.126. The van der Waals surface area contributed by atoms with Crippen molar-refractivity contribution in [3.8, 4) is 0 Å². The molecule has 0 saturated heterocycles. The Morgan fingerprint density at radius 3 is 1.70 bits per heavy atom. The van der Waals surface area contributed by atoms with Gasteiger partial charge >= 0.3 is 12.0 Å². The number of carbonyl (C=O) groups is 1. The van der Waals surface area contributed by atoms with Crippen molar-refractivity contribution < 1.29 is 26.7 Å². The first-order valence-corrected chi connectivity index (χ1v) is 1.97. The zero-order chi connectivity index (χ0) is 8.36. The highest BCUT2D eigenvalue weighted by atomic mass is 19.3. The Labute approximate surface area is 52.1 Å². The molecule has 0 aromatic heterocycles. The van der Waals surface area contributed by atoms with E-state index in [2.05, 4.69) is 0 Å². The third kappa shape index (κ3) is 1.78. The van der Waals surface area contributed by atoms with Gasteiger partial charge in [-0.1, -0.05) is 0 Å². The van der Waals surface area contributed by atoms with Crippen molar-refractivity contribution in [1.29, 1.82) is 0 Å². The first kappa shape index (κ1) is 9.06. The SMILES string of the molecule is O=CC(F)(F)C(F)=C(F)F. The average Bonchev–Trinajstić information content (AvgIpc) is 1.86. The lowest BCUT2D eigenvalue weighted by Crippen LogP contribution is -2.18. The largest absolute Gasteiger partial charge is 0.358 e. The topological polar surface area (TPSA) is 17.1 Å². The Kier molecular flexibility index (Phi) is 2.50. The normalized spacial score (nSPS) is 10.9. The molecule has 0 amide bonds. The minimum Gasteiger partial charge on any atom is -0.296 e. The maximum atomic E-state index is 11.5. The van der Waals surface area contributed by atoms with Crippen molar-refractivity contribution >= 4 is 6.29 Å². The molecule has 0 aliphatic rings. The quantitative estimate of drug-likeness (QED) is 0.445. The van der Waals surface area contributed by atoms with E-state index in [0.29, 0.717) is 0 Å². The lowest BCUT2D eigenvalue weighted by atomic mass is 10.3. The smallest absolute Gasteiger partial charge is 0.296 e. The molecule has 0 radical (unpaired) electrons. The molecule has 0 unspecified atom stereocenters. The fourth-order valence-corrected chi connectivity index (χ4v) is 0.178. The van der Waals surface area contributed by atoms with Gasteiger partial charge in [0.15, 0.2) is 6.29 Å². The Balaban J connectivity index is 4.65. The molecule has 0 fully saturated rings. The first-order chi connectivity index (χ1) is 4.41. The van der Waals surface area contributed by atoms with Crippen LogP contribution >= 0.6 is 0 Å². The summed E-state index contributed by atoms with van der Waals surface area (Å²) in [6.07, 6.45) is -4.38. The lowest BCUT2D eigenvalue weighted by Gasteiger charge is -2.02. The summed E-state index contributed by atoms with van der Waals surface area (Å²) in [4.78, 5) is 9.22. The van der Waals surface area contributed by atoms with Crippen LogP contribution in [0.3, 0.4) is 0 Å². The number of hydrogen-bond acceptors (Lipinski definition) is 1. The minimum atomic E-state index is -4.70. The molecule has 1 nitrogen and oxygen atoms in total. The van der Waals surface area contributed by atoms with E-state index in [1.54, 1.807) is 0 Å². The van der Waals surface area contributed by atoms with Gasteiger partial charge in [0.1, 0.15) is 0 Å². The molecule has 0 heterocycles. The van der Waals surface area contributed by atoms with Crippen molar-refractivity contribution in [3.05, 3.63) is 11.9 Å². The first-order valence-electron chi connectivity index (χ1n) is 1.97. The summed E-state index contributed by atoms with van der Waals surface area (Å²) in [5.41, 5.74) is 0. The summed E-state index contributed by atoms with van der Waals surface area (Å²) in [5, 5.41) is 0. The molecule has 0 N–H and O–H groups in total. The summed E-state index contributed by atoms with van der Waals surface area (Å²) >= 11 is 0. The number of rotatable bonds is 2. The summed E-state index contributed by atoms with van der Waals surface area (Å²) in [6.45, 7) is 0. The van der Waals surface area contributed by atoms with Crippen LogP contribution in [0.15, 0.2) is 11.9 Å². The molecule has 0 aliphatic heterocycles. The van der Waals surface area contributed by atoms with Crippen LogP contribution in [0.25, 0.3) is 0 Å². The number of carbonyl (C=O) groups excluding carboxylic acids is 1. The second-order valence-corrected chi connectivity index (χ2v) is 1.32. The predicted molar refractivity (Wildman–Crippen MR) is 21.4 cm³/mol. The van der Waals surface area contributed by atoms with Gasteiger partial charge in [0.25, 0.3) is 0 Å². The maximum Gasteiger partial charge on any atom is 0.358 e. The zero-order valence-corrected chi connectivity index (χ0v) is 4.38. The molecule has 0 saturated carbocycles. The molecule has 0 aromatic carbocycles. The standard InChI is InChI=1S/C4HF5O/c5-2(3(6)7)4(8,9)1-10/h1H. The molecular weight excluding hydrogens is 159 g/mol. The maximum absolute atomic E-state index is 11.5. The van der Waals surface area contributed by atoms with E-state index in [-0.39, 0.29) is 0 Å². The van der Waals surface area contributed by atoms with Crippen LogP contribution in [0.2, 0.25) is 0 Å². The molecule has 0 rings (SSSR count). The number of allylic oxidation sites excluding steroid dienone is 1. The zero-order valence-electron chi connectivity index (χ0n) is 4.38. The Morgan fingerprint density at radius 2 is 1.60 bits per heavy atom. The van der Waals surface area contributed by atoms with Crippen LogP contribution in [0.4, 0.5) is 22.0 Å². The van der Waals surface area contributed by atoms with E-state index in [0.717, 1.165) is 0 Å². The van der Waals surface area contributed by atoms with Gasteiger partial charge in [0.2, 0.25) is 5.83 Å². The van der Waals surface area contributed by atoms with E-state index in [1.807, 2.05) is 0 Å². The predicted octanol–water partition coefficient (Wildman–Crippen LogP) is 1.90. The third-order valence-corrected chi connectivity index (χ3v) is 0.607. The van der Waals surface area contributed by atoms with Gasteiger partial charge in [0, 0.05) is 0 Å². The average molecular weight is 160 g/mol. The van der Waals surface area contributed by atoms with E-state index in [1.165, 1.54) is 0 Å². The van der Waals surface area contributed by atoms with E-state index in [4.69, 9.17) is 0 Å². The van der Waals surface area contributed by atoms with Gasteiger partial charge in [-0.05, 0) is 0 Å². The molecule has 0 bridgehead atoms. The Hall–Kier alpha value is -0.940. The number of halogens is 5. The van der Waals surface area contributed by atoms with Crippen molar-refractivity contribution in [2.45, 2.75) is 5.92 Å². The van der Waals surface area contributed by atoms with Crippen LogP contribution in [-0.2, 0) is 4.79 Å². The van der Waals surface area contributed by atoms with Crippen molar-refractivity contribution in [2.75, 3.05) is 0 Å². The molecule has 58 valence electrons. The fraction of sp³-hybridized carbons (Fsp3) is 0.250. The van der Waals surface area contributed by atoms with Crippen LogP contribution in [0.1, 0.15) is 0 Å². The molecule has 0 atom stereocenters. The van der Waals surface area contributed by atoms with Crippen LogP contribution in [-0.4, -0.2) is 12.2 Å². The molecular formula is C4HF5O. The van der Waals surface area contributed by atoms with Gasteiger partial charge in [-0.2, -0.15) is 22.0 Å². The van der Waals surface area contributed by atoms with Gasteiger partial charge < -0.3 is 0 Å². The van der Waals surface area contributed by atoms with Crippen LogP contribution in [0, 0.1) is 0 Å². The summed E-state index contributed by atoms with van der Waals surface area (Å²) in [7, 11) is 0. The Bertz CT molecular complexity index is 168. The van der Waals surface area contributed by atoms with Gasteiger partial charge in [-0.25, -0.2) is 0 Å². The summed E-state index contributed by atoms with van der Waals surface area (Å²) < 4.78 is 56.4. The highest BCUT2D eigenvalue weighted by Crippen LogP contribution is 2.26. The number of hydrogen-bond donors (Lipinski definition) is 0. The monoisotopic (exact) mass is 160 g/mol. The van der Waals surface area contributed by atoms with Crippen LogP contribution in [0.5, 0.6) is 0 Å². The molecule has 0 aliphatic carbocycles. The Morgan fingerprint density at radius 1 is 1.20 bits per heavy atom. The molecule has 0 spiro atoms. The number of aldehydes is 1. The van der Waals surface area contributed by atoms with E-state index >= 15 is 0 Å². The van der Waals surface area contributed by atoms with Gasteiger partial charge in [0.05, 0.1) is 0 Å². The highest BCUT2D eigenvalue weighted by Gasteiger charge is 2.38. The minimum absolute atomic E-state index is 1.19. The molecule has 0 aromatic rings. The fourth-order valence-electron chi connectivity index (χ4n) is 0.178. The summed E-state index contributed by atoms with van der Waals surface area (Å²) in [6, 6.07) is 0. The highest BCUT2D eigenvalue weighted by molar-refractivity contribution is 5.64. The van der Waals surface area contributed by atoms with Gasteiger partial charge in [-0.3, -0.25) is 4.79 Å². The second kappa shape index (κ2) is 2.76. The third-order valence-electron chi connectivity index (χ3n) is 0.607. The van der Waals surface area contributed by atoms with Gasteiger partial charge in [-0.15, -0.1) is 0 Å². The van der Waals surface area contributed by atoms with E-state index < -0.39 is 24.1 Å². The molecule has 10 heavy (non-hydrogen) atoms. The second-order valence-electron chi connectivity index (χ2n) is 1.32. The van der Waals surface area contributed by atoms with Crippen molar-refractivity contribution in [3.63, 3.8) is 0 Å². The number of alkyl halides is 2. The van der Waals surface area contributed by atoms with Crippen LogP contribution < -0.4 is 0 Å². The van der Waals surface area contributed by atoms with Crippen molar-refractivity contribution in [1.82, 2.24) is 0 Å². The summed E-state index contributed by atoms with van der Waals surface area (Å²) in [5.74, 6) is -7.69. The van der Waals surface area contributed by atoms with Crippen molar-refractivity contribution in [2.24, 2.45) is 0 Å². The molecule has 6 heteroatoms.